The molecule has 0 spiro atoms. The normalized spacial score (nSPS) is 23.3. The second-order valence-corrected chi connectivity index (χ2v) is 5.10. The predicted molar refractivity (Wildman–Crippen MR) is 73.1 cm³/mol. The number of hydrogen-bond donors (Lipinski definition) is 1. The van der Waals surface area contributed by atoms with Crippen molar-refractivity contribution in [2.75, 3.05) is 13.1 Å². The zero-order chi connectivity index (χ0) is 13.0. The highest BCUT2D eigenvalue weighted by atomic mass is 16.2. The number of amides is 1. The summed E-state index contributed by atoms with van der Waals surface area (Å²) >= 11 is 0. The summed E-state index contributed by atoms with van der Waals surface area (Å²) in [6.45, 7) is 3.50. The molecule has 3 nitrogen and oxygen atoms in total. The van der Waals surface area contributed by atoms with Crippen LogP contribution >= 0.6 is 0 Å². The Labute approximate surface area is 109 Å². The van der Waals surface area contributed by atoms with Gasteiger partial charge < -0.3 is 10.6 Å². The number of nitrogens with two attached hydrogens (primary N) is 1. The van der Waals surface area contributed by atoms with E-state index in [0.717, 1.165) is 19.4 Å². The van der Waals surface area contributed by atoms with Gasteiger partial charge in [-0.25, -0.2) is 0 Å². The van der Waals surface area contributed by atoms with Gasteiger partial charge in [0.05, 0.1) is 0 Å². The molecule has 3 heteroatoms. The van der Waals surface area contributed by atoms with Crippen molar-refractivity contribution in [3.63, 3.8) is 0 Å². The quantitative estimate of drug-likeness (QED) is 0.880. The molecule has 0 saturated carbocycles. The van der Waals surface area contributed by atoms with Gasteiger partial charge in [0.1, 0.15) is 0 Å². The summed E-state index contributed by atoms with van der Waals surface area (Å²) in [5, 5.41) is 0. The molecule has 18 heavy (non-hydrogen) atoms. The van der Waals surface area contributed by atoms with Crippen LogP contribution in [0.15, 0.2) is 30.3 Å². The molecule has 2 atom stereocenters. The molecular weight excluding hydrogens is 224 g/mol. The van der Waals surface area contributed by atoms with Gasteiger partial charge in [0.25, 0.3) is 0 Å². The molecule has 0 unspecified atom stereocenters. The van der Waals surface area contributed by atoms with E-state index in [1.165, 1.54) is 5.56 Å². The molecule has 1 heterocycles. The van der Waals surface area contributed by atoms with E-state index in [0.29, 0.717) is 24.9 Å². The van der Waals surface area contributed by atoms with Gasteiger partial charge in [0, 0.05) is 25.6 Å². The van der Waals surface area contributed by atoms with Crippen molar-refractivity contribution in [1.82, 2.24) is 4.90 Å². The van der Waals surface area contributed by atoms with Crippen LogP contribution in [0, 0.1) is 5.92 Å². The van der Waals surface area contributed by atoms with Crippen LogP contribution in [0.5, 0.6) is 0 Å². The number of likely N-dealkylation sites (tertiary alicyclic amines) is 1. The molecule has 0 bridgehead atoms. The summed E-state index contributed by atoms with van der Waals surface area (Å²) in [6, 6.07) is 10.9. The van der Waals surface area contributed by atoms with Crippen LogP contribution < -0.4 is 5.73 Å². The first-order chi connectivity index (χ1) is 8.72. The zero-order valence-corrected chi connectivity index (χ0v) is 11.0. The fourth-order valence-electron chi connectivity index (χ4n) is 2.81. The number of carbonyl (C=O) groups excluding carboxylic acids is 1. The molecule has 1 aromatic rings. The molecule has 1 fully saturated rings. The summed E-state index contributed by atoms with van der Waals surface area (Å²) in [5.74, 6) is 0.787. The van der Waals surface area contributed by atoms with E-state index in [4.69, 9.17) is 5.73 Å². The van der Waals surface area contributed by atoms with Crippen LogP contribution in [0.2, 0.25) is 0 Å². The van der Waals surface area contributed by atoms with Crippen molar-refractivity contribution in [1.29, 1.82) is 0 Å². The van der Waals surface area contributed by atoms with Crippen molar-refractivity contribution < 1.29 is 4.79 Å². The van der Waals surface area contributed by atoms with Crippen molar-refractivity contribution in [2.24, 2.45) is 11.7 Å². The van der Waals surface area contributed by atoms with E-state index in [1.54, 1.807) is 0 Å². The van der Waals surface area contributed by atoms with Crippen LogP contribution in [-0.4, -0.2) is 29.9 Å². The Hall–Kier alpha value is -1.35. The second kappa shape index (κ2) is 6.01. The lowest BCUT2D eigenvalue weighted by atomic mass is 9.93. The van der Waals surface area contributed by atoms with Crippen LogP contribution in [0.4, 0.5) is 0 Å². The lowest BCUT2D eigenvalue weighted by Gasteiger charge is -2.24. The minimum Gasteiger partial charge on any atom is -0.340 e. The number of carbonyl (C=O) groups is 1. The Bertz CT molecular complexity index is 391. The Balaban J connectivity index is 1.95. The molecular formula is C15H22N2O. The summed E-state index contributed by atoms with van der Waals surface area (Å²) < 4.78 is 0. The van der Waals surface area contributed by atoms with E-state index in [1.807, 2.05) is 11.0 Å². The Morgan fingerprint density at radius 3 is 2.78 bits per heavy atom. The molecule has 2 N–H and O–H groups in total. The van der Waals surface area contributed by atoms with Gasteiger partial charge in [-0.2, -0.15) is 0 Å². The van der Waals surface area contributed by atoms with Crippen LogP contribution in [0.25, 0.3) is 0 Å². The topological polar surface area (TPSA) is 46.3 Å². The summed E-state index contributed by atoms with van der Waals surface area (Å²) in [4.78, 5) is 13.9. The third-order valence-electron chi connectivity index (χ3n) is 3.93. The number of rotatable bonds is 4. The van der Waals surface area contributed by atoms with E-state index in [2.05, 4.69) is 31.2 Å². The maximum atomic E-state index is 11.9. The molecule has 98 valence electrons. The highest BCUT2D eigenvalue weighted by Crippen LogP contribution is 2.27. The van der Waals surface area contributed by atoms with E-state index >= 15 is 0 Å². The summed E-state index contributed by atoms with van der Waals surface area (Å²) in [5.41, 5.74) is 6.82. The minimum absolute atomic E-state index is 0.209. The average Bonchev–Trinajstić information content (AvgIpc) is 2.73. The number of nitrogens with zero attached hydrogens (tertiary/aromatic N) is 1. The molecule has 0 radical (unpaired) electrons. The zero-order valence-electron chi connectivity index (χ0n) is 11.0. The third-order valence-corrected chi connectivity index (χ3v) is 3.93. The molecule has 0 aliphatic carbocycles. The predicted octanol–water partition coefficient (Wildman–Crippen LogP) is 1.81. The first-order valence-electron chi connectivity index (χ1n) is 6.76. The standard InChI is InChI=1S/C15H22N2O/c1-12-14(11-13-5-3-2-4-6-13)8-10-17(12)15(18)7-9-16/h2-6,12,14H,7-11,16H2,1H3/t12-,14-/m0/s1. The largest absolute Gasteiger partial charge is 0.340 e. The number of benzene rings is 1. The molecule has 1 aliphatic rings. The average molecular weight is 246 g/mol. The van der Waals surface area contributed by atoms with Crippen molar-refractivity contribution in [3.05, 3.63) is 35.9 Å². The highest BCUT2D eigenvalue weighted by Gasteiger charge is 2.32. The third kappa shape index (κ3) is 2.91. The SMILES string of the molecule is C[C@H]1[C@H](Cc2ccccc2)CCN1C(=O)CCN. The summed E-state index contributed by atoms with van der Waals surface area (Å²) in [6.07, 6.45) is 2.64. The molecule has 1 saturated heterocycles. The van der Waals surface area contributed by atoms with Gasteiger partial charge in [-0.15, -0.1) is 0 Å². The van der Waals surface area contributed by atoms with E-state index < -0.39 is 0 Å². The van der Waals surface area contributed by atoms with Crippen LogP contribution in [0.3, 0.4) is 0 Å². The van der Waals surface area contributed by atoms with Gasteiger partial charge in [0.2, 0.25) is 5.91 Å². The Kier molecular flexibility index (Phi) is 4.37. The Morgan fingerprint density at radius 2 is 2.11 bits per heavy atom. The summed E-state index contributed by atoms with van der Waals surface area (Å²) in [7, 11) is 0. The first-order valence-corrected chi connectivity index (χ1v) is 6.76. The van der Waals surface area contributed by atoms with E-state index in [9.17, 15) is 4.79 Å². The van der Waals surface area contributed by atoms with Crippen LogP contribution in [-0.2, 0) is 11.2 Å². The first kappa shape index (κ1) is 13.1. The van der Waals surface area contributed by atoms with Gasteiger partial charge in [-0.05, 0) is 31.2 Å². The van der Waals surface area contributed by atoms with Crippen molar-refractivity contribution in [2.45, 2.75) is 32.2 Å². The number of hydrogen-bond acceptors (Lipinski definition) is 2. The van der Waals surface area contributed by atoms with Gasteiger partial charge in [-0.1, -0.05) is 30.3 Å². The minimum atomic E-state index is 0.209. The lowest BCUT2D eigenvalue weighted by Crippen LogP contribution is -2.37. The van der Waals surface area contributed by atoms with Crippen LogP contribution in [0.1, 0.15) is 25.3 Å². The Morgan fingerprint density at radius 1 is 1.39 bits per heavy atom. The monoisotopic (exact) mass is 246 g/mol. The highest BCUT2D eigenvalue weighted by molar-refractivity contribution is 5.77. The molecule has 1 aromatic carbocycles. The maximum absolute atomic E-state index is 11.9. The fraction of sp³-hybridized carbons (Fsp3) is 0.533. The van der Waals surface area contributed by atoms with Gasteiger partial charge in [0.15, 0.2) is 0 Å². The molecule has 0 aromatic heterocycles. The molecule has 1 amide bonds. The van der Waals surface area contributed by atoms with E-state index in [-0.39, 0.29) is 5.91 Å². The second-order valence-electron chi connectivity index (χ2n) is 5.10. The van der Waals surface area contributed by atoms with Crippen molar-refractivity contribution >= 4 is 5.91 Å². The van der Waals surface area contributed by atoms with Crippen molar-refractivity contribution in [3.8, 4) is 0 Å². The molecule has 2 rings (SSSR count). The van der Waals surface area contributed by atoms with Gasteiger partial charge >= 0.3 is 0 Å². The maximum Gasteiger partial charge on any atom is 0.224 e. The smallest absolute Gasteiger partial charge is 0.224 e. The van der Waals surface area contributed by atoms with Gasteiger partial charge in [-0.3, -0.25) is 4.79 Å². The lowest BCUT2D eigenvalue weighted by molar-refractivity contribution is -0.131. The molecule has 1 aliphatic heterocycles. The fourth-order valence-corrected chi connectivity index (χ4v) is 2.81.